The van der Waals surface area contributed by atoms with Crippen LogP contribution in [-0.4, -0.2) is 24.8 Å². The van der Waals surface area contributed by atoms with Crippen LogP contribution in [0.5, 0.6) is 5.75 Å². The fourth-order valence-corrected chi connectivity index (χ4v) is 4.43. The molecule has 0 radical (unpaired) electrons. The van der Waals surface area contributed by atoms with Crippen LogP contribution in [0.2, 0.25) is 0 Å². The molecule has 1 fully saturated rings. The minimum Gasteiger partial charge on any atom is -0.467 e. The van der Waals surface area contributed by atoms with Crippen molar-refractivity contribution < 1.29 is 19.1 Å². The van der Waals surface area contributed by atoms with E-state index in [1.807, 2.05) is 31.2 Å². The third kappa shape index (κ3) is 2.63. The van der Waals surface area contributed by atoms with Gasteiger partial charge in [0.15, 0.2) is 5.72 Å². The number of benzene rings is 3. The predicted molar refractivity (Wildman–Crippen MR) is 109 cm³/mol. The minimum absolute atomic E-state index is 0.132. The summed E-state index contributed by atoms with van der Waals surface area (Å²) in [7, 11) is 1.34. The molecule has 6 heteroatoms. The Balaban J connectivity index is 1.57. The van der Waals surface area contributed by atoms with E-state index in [0.29, 0.717) is 17.7 Å². The van der Waals surface area contributed by atoms with Gasteiger partial charge in [-0.1, -0.05) is 30.3 Å². The molecule has 2 atom stereocenters. The van der Waals surface area contributed by atoms with Gasteiger partial charge >= 0.3 is 12.0 Å². The van der Waals surface area contributed by atoms with E-state index in [9.17, 15) is 9.59 Å². The lowest BCUT2D eigenvalue weighted by atomic mass is 9.87. The highest BCUT2D eigenvalue weighted by Crippen LogP contribution is 2.47. The fourth-order valence-electron chi connectivity index (χ4n) is 4.43. The third-order valence-electron chi connectivity index (χ3n) is 5.71. The van der Waals surface area contributed by atoms with E-state index < -0.39 is 11.7 Å². The third-order valence-corrected chi connectivity index (χ3v) is 5.71. The molecule has 6 nitrogen and oxygen atoms in total. The summed E-state index contributed by atoms with van der Waals surface area (Å²) in [5, 5.41) is 5.34. The molecule has 2 amide bonds. The number of nitrogens with zero attached hydrogens (tertiary/aromatic N) is 1. The Hall–Kier alpha value is -3.54. The largest absolute Gasteiger partial charge is 0.467 e. The number of fused-ring (bicyclic) bond motifs is 6. The standard InChI is InChI=1S/C23H20N2O4/c1-23-13-18(20-17-6-4-3-5-14(17)9-12-19(20)29-23)24-22(27)25(23)16-10-7-15(8-11-16)21(26)28-2/h3-12,18H,13H2,1-2H3,(H,24,27)/t18-,23+/m0/s1. The smallest absolute Gasteiger partial charge is 0.337 e. The van der Waals surface area contributed by atoms with E-state index in [0.717, 1.165) is 22.1 Å². The molecule has 146 valence electrons. The van der Waals surface area contributed by atoms with E-state index in [2.05, 4.69) is 17.4 Å². The number of carbonyl (C=O) groups excluding carboxylic acids is 2. The second-order valence-corrected chi connectivity index (χ2v) is 7.56. The van der Waals surface area contributed by atoms with Crippen LogP contribution in [0, 0.1) is 0 Å². The van der Waals surface area contributed by atoms with Gasteiger partial charge in [0, 0.05) is 17.7 Å². The molecule has 1 saturated heterocycles. The van der Waals surface area contributed by atoms with Gasteiger partial charge in [-0.05, 0) is 48.0 Å². The van der Waals surface area contributed by atoms with Gasteiger partial charge in [-0.25, -0.2) is 9.59 Å². The second-order valence-electron chi connectivity index (χ2n) is 7.56. The lowest BCUT2D eigenvalue weighted by molar-refractivity contribution is 0.0385. The fraction of sp³-hybridized carbons (Fsp3) is 0.217. The van der Waals surface area contributed by atoms with Gasteiger partial charge in [0.1, 0.15) is 5.75 Å². The van der Waals surface area contributed by atoms with Gasteiger partial charge in [0.05, 0.1) is 18.7 Å². The van der Waals surface area contributed by atoms with E-state index >= 15 is 0 Å². The number of anilines is 1. The van der Waals surface area contributed by atoms with Crippen LogP contribution in [0.3, 0.4) is 0 Å². The summed E-state index contributed by atoms with van der Waals surface area (Å²) in [5.74, 6) is 0.360. The Kier molecular flexibility index (Phi) is 3.77. The number of hydrogen-bond acceptors (Lipinski definition) is 4. The molecule has 2 bridgehead atoms. The van der Waals surface area contributed by atoms with Crippen molar-refractivity contribution in [3.8, 4) is 5.75 Å². The van der Waals surface area contributed by atoms with Gasteiger partial charge in [-0.2, -0.15) is 0 Å². The maximum absolute atomic E-state index is 13.1. The highest BCUT2D eigenvalue weighted by molar-refractivity contribution is 5.97. The summed E-state index contributed by atoms with van der Waals surface area (Å²) < 4.78 is 11.2. The van der Waals surface area contributed by atoms with E-state index in [4.69, 9.17) is 9.47 Å². The topological polar surface area (TPSA) is 67.9 Å². The zero-order valence-electron chi connectivity index (χ0n) is 16.1. The Morgan fingerprint density at radius 2 is 1.90 bits per heavy atom. The molecule has 29 heavy (non-hydrogen) atoms. The first kappa shape index (κ1) is 17.6. The SMILES string of the molecule is COC(=O)c1ccc(N2C(=O)N[C@H]3C[C@@]2(C)Oc2ccc4ccccc4c23)cc1. The Morgan fingerprint density at radius 1 is 1.14 bits per heavy atom. The van der Waals surface area contributed by atoms with Crippen molar-refractivity contribution in [2.75, 3.05) is 12.0 Å². The van der Waals surface area contributed by atoms with Crippen molar-refractivity contribution in [1.82, 2.24) is 5.32 Å². The first-order valence-electron chi connectivity index (χ1n) is 9.50. The van der Waals surface area contributed by atoms with Crippen LogP contribution in [0.15, 0.2) is 60.7 Å². The van der Waals surface area contributed by atoms with Crippen LogP contribution < -0.4 is 15.0 Å². The van der Waals surface area contributed by atoms with Crippen LogP contribution >= 0.6 is 0 Å². The molecule has 0 aromatic heterocycles. The number of carbonyl (C=O) groups is 2. The van der Waals surface area contributed by atoms with Crippen molar-refractivity contribution in [3.05, 3.63) is 71.8 Å². The normalized spacial score (nSPS) is 22.5. The lowest BCUT2D eigenvalue weighted by Gasteiger charge is -2.50. The molecular weight excluding hydrogens is 368 g/mol. The van der Waals surface area contributed by atoms with Crippen LogP contribution in [0.4, 0.5) is 10.5 Å². The van der Waals surface area contributed by atoms with Crippen molar-refractivity contribution in [3.63, 3.8) is 0 Å². The summed E-state index contributed by atoms with van der Waals surface area (Å²) in [6, 6.07) is 18.5. The van der Waals surface area contributed by atoms with Crippen molar-refractivity contribution >= 4 is 28.5 Å². The summed E-state index contributed by atoms with van der Waals surface area (Å²) >= 11 is 0. The number of nitrogens with one attached hydrogen (secondary N) is 1. The molecular formula is C23H20N2O4. The maximum Gasteiger partial charge on any atom is 0.337 e. The van der Waals surface area contributed by atoms with E-state index in [-0.39, 0.29) is 12.1 Å². The molecule has 3 aromatic carbocycles. The number of amides is 2. The predicted octanol–water partition coefficient (Wildman–Crippen LogP) is 4.40. The first-order valence-corrected chi connectivity index (χ1v) is 9.50. The van der Waals surface area contributed by atoms with Crippen molar-refractivity contribution in [2.24, 2.45) is 0 Å². The van der Waals surface area contributed by atoms with E-state index in [1.165, 1.54) is 7.11 Å². The lowest BCUT2D eigenvalue weighted by Crippen LogP contribution is -2.65. The Bertz CT molecular complexity index is 1140. The van der Waals surface area contributed by atoms with Gasteiger partial charge in [0.2, 0.25) is 0 Å². The number of rotatable bonds is 2. The average molecular weight is 388 g/mol. The van der Waals surface area contributed by atoms with Crippen molar-refractivity contribution in [1.29, 1.82) is 0 Å². The monoisotopic (exact) mass is 388 g/mol. The number of esters is 1. The zero-order valence-corrected chi connectivity index (χ0v) is 16.1. The summed E-state index contributed by atoms with van der Waals surface area (Å²) in [6.07, 6.45) is 0.610. The average Bonchev–Trinajstić information content (AvgIpc) is 2.72. The quantitative estimate of drug-likeness (QED) is 0.661. The highest BCUT2D eigenvalue weighted by Gasteiger charge is 2.50. The summed E-state index contributed by atoms with van der Waals surface area (Å²) in [5.41, 5.74) is 1.27. The number of ether oxygens (including phenoxy) is 2. The number of hydrogen-bond donors (Lipinski definition) is 1. The van der Waals surface area contributed by atoms with Crippen LogP contribution in [0.1, 0.15) is 35.3 Å². The Labute approximate surface area is 168 Å². The van der Waals surface area contributed by atoms with Gasteiger partial charge in [-0.3, -0.25) is 4.90 Å². The molecule has 0 spiro atoms. The first-order chi connectivity index (χ1) is 14.0. The molecule has 3 aromatic rings. The van der Waals surface area contributed by atoms with Gasteiger partial charge in [0.25, 0.3) is 0 Å². The molecule has 0 saturated carbocycles. The summed E-state index contributed by atoms with van der Waals surface area (Å²) in [4.78, 5) is 26.4. The second kappa shape index (κ2) is 6.24. The highest BCUT2D eigenvalue weighted by atomic mass is 16.5. The number of methoxy groups -OCH3 is 1. The molecule has 1 N–H and O–H groups in total. The zero-order chi connectivity index (χ0) is 20.2. The molecule has 2 aliphatic rings. The molecule has 0 unspecified atom stereocenters. The molecule has 0 aliphatic carbocycles. The van der Waals surface area contributed by atoms with Gasteiger partial charge < -0.3 is 14.8 Å². The number of urea groups is 1. The van der Waals surface area contributed by atoms with Gasteiger partial charge in [-0.15, -0.1) is 0 Å². The Morgan fingerprint density at radius 3 is 2.66 bits per heavy atom. The maximum atomic E-state index is 13.1. The molecule has 2 aliphatic heterocycles. The van der Waals surface area contributed by atoms with Crippen LogP contribution in [-0.2, 0) is 4.74 Å². The molecule has 2 heterocycles. The molecule has 5 rings (SSSR count). The van der Waals surface area contributed by atoms with E-state index in [1.54, 1.807) is 29.2 Å². The summed E-state index contributed by atoms with van der Waals surface area (Å²) in [6.45, 7) is 1.92. The van der Waals surface area contributed by atoms with Crippen molar-refractivity contribution in [2.45, 2.75) is 25.1 Å². The van der Waals surface area contributed by atoms with Crippen LogP contribution in [0.25, 0.3) is 10.8 Å². The minimum atomic E-state index is -0.838.